The zero-order valence-electron chi connectivity index (χ0n) is 21.3. The monoisotopic (exact) mass is 491 g/mol. The molecule has 3 unspecified atom stereocenters. The number of carbonyl (C=O) groups is 1. The average molecular weight is 492 g/mol. The van der Waals surface area contributed by atoms with Gasteiger partial charge < -0.3 is 10.3 Å². The Kier molecular flexibility index (Phi) is 5.92. The highest BCUT2D eigenvalue weighted by Gasteiger charge is 2.62. The van der Waals surface area contributed by atoms with E-state index >= 15 is 0 Å². The highest BCUT2D eigenvalue weighted by molar-refractivity contribution is 5.93. The Hall–Kier alpha value is -3.42. The van der Waals surface area contributed by atoms with Gasteiger partial charge in [-0.3, -0.25) is 4.79 Å². The molecule has 0 aliphatic heterocycles. The van der Waals surface area contributed by atoms with E-state index in [-0.39, 0.29) is 17.1 Å². The first-order chi connectivity index (χ1) is 17.9. The van der Waals surface area contributed by atoms with Gasteiger partial charge in [0.05, 0.1) is 6.21 Å². The fraction of sp³-hybridized carbons (Fsp3) is 0.394. The molecular weight excluding hydrogens is 458 g/mol. The van der Waals surface area contributed by atoms with Crippen LogP contribution in [0.4, 0.5) is 0 Å². The number of oxime groups is 1. The van der Waals surface area contributed by atoms with Gasteiger partial charge in [-0.25, -0.2) is 0 Å². The molecule has 188 valence electrons. The summed E-state index contributed by atoms with van der Waals surface area (Å²) in [4.78, 5) is 12.3. The average Bonchev–Trinajstić information content (AvgIpc) is 3.18. The molecule has 2 fully saturated rings. The second-order valence-corrected chi connectivity index (χ2v) is 11.4. The molecule has 2 aromatic rings. The molecule has 2 aromatic carbocycles. The largest absolute Gasteiger partial charge is 0.411 e. The van der Waals surface area contributed by atoms with E-state index in [1.165, 1.54) is 28.5 Å². The van der Waals surface area contributed by atoms with E-state index in [1.807, 2.05) is 48.5 Å². The van der Waals surface area contributed by atoms with Gasteiger partial charge in [-0.15, -0.1) is 0 Å². The lowest BCUT2D eigenvalue weighted by Gasteiger charge is -2.53. The van der Waals surface area contributed by atoms with Crippen LogP contribution < -0.4 is 0 Å². The number of carbonyl (C=O) groups excluding carboxylic acids is 1. The molecule has 5 atom stereocenters. The highest BCUT2D eigenvalue weighted by Crippen LogP contribution is 2.66. The predicted molar refractivity (Wildman–Crippen MR) is 144 cm³/mol. The van der Waals surface area contributed by atoms with Crippen LogP contribution in [0.15, 0.2) is 82.5 Å². The van der Waals surface area contributed by atoms with Gasteiger partial charge >= 0.3 is 0 Å². The predicted octanol–water partition coefficient (Wildman–Crippen LogP) is 6.18. The highest BCUT2D eigenvalue weighted by atomic mass is 16.4. The van der Waals surface area contributed by atoms with E-state index in [2.05, 4.69) is 36.1 Å². The van der Waals surface area contributed by atoms with Crippen LogP contribution in [0.2, 0.25) is 0 Å². The zero-order valence-corrected chi connectivity index (χ0v) is 21.3. The van der Waals surface area contributed by atoms with Crippen LogP contribution in [0.5, 0.6) is 0 Å². The van der Waals surface area contributed by atoms with Crippen LogP contribution in [-0.2, 0) is 4.79 Å². The number of rotatable bonds is 2. The number of nitrogens with zero attached hydrogens (tertiary/aromatic N) is 1. The molecule has 0 amide bonds. The van der Waals surface area contributed by atoms with Crippen molar-refractivity contribution in [3.05, 3.63) is 94.1 Å². The molecule has 0 saturated heterocycles. The number of hydrogen-bond acceptors (Lipinski definition) is 4. The van der Waals surface area contributed by atoms with Gasteiger partial charge in [-0.1, -0.05) is 72.0 Å². The molecule has 2 saturated carbocycles. The van der Waals surface area contributed by atoms with Crippen molar-refractivity contribution in [1.29, 1.82) is 0 Å². The molecule has 4 heteroatoms. The van der Waals surface area contributed by atoms with Gasteiger partial charge in [0, 0.05) is 23.3 Å². The minimum Gasteiger partial charge on any atom is -0.411 e. The lowest BCUT2D eigenvalue weighted by molar-refractivity contribution is -0.114. The van der Waals surface area contributed by atoms with Crippen LogP contribution in [0.1, 0.15) is 74.5 Å². The minimum atomic E-state index is -1.05. The number of aliphatic hydroxyl groups is 1. The number of benzene rings is 2. The molecule has 0 aromatic heterocycles. The minimum absolute atomic E-state index is 0.154. The lowest BCUT2D eigenvalue weighted by atomic mass is 9.51. The quantitative estimate of drug-likeness (QED) is 0.228. The van der Waals surface area contributed by atoms with E-state index in [0.29, 0.717) is 24.7 Å². The van der Waals surface area contributed by atoms with Crippen molar-refractivity contribution in [3.63, 3.8) is 0 Å². The third kappa shape index (κ3) is 3.97. The van der Waals surface area contributed by atoms with Crippen molar-refractivity contribution in [1.82, 2.24) is 0 Å². The summed E-state index contributed by atoms with van der Waals surface area (Å²) in [7, 11) is 0. The van der Waals surface area contributed by atoms with Gasteiger partial charge in [0.1, 0.15) is 5.60 Å². The van der Waals surface area contributed by atoms with E-state index in [0.717, 1.165) is 43.2 Å². The second kappa shape index (κ2) is 9.15. The Bertz CT molecular complexity index is 1370. The van der Waals surface area contributed by atoms with Gasteiger partial charge in [-0.2, -0.15) is 0 Å². The molecule has 2 N–H and O–H groups in total. The van der Waals surface area contributed by atoms with Gasteiger partial charge in [0.15, 0.2) is 5.78 Å². The maximum atomic E-state index is 12.3. The van der Waals surface area contributed by atoms with Gasteiger partial charge in [-0.05, 0) is 90.8 Å². The number of hydrogen-bond donors (Lipinski definition) is 2. The van der Waals surface area contributed by atoms with Crippen molar-refractivity contribution >= 4 is 12.0 Å². The zero-order chi connectivity index (χ0) is 25.6. The number of ketones is 1. The topological polar surface area (TPSA) is 69.9 Å². The van der Waals surface area contributed by atoms with Crippen molar-refractivity contribution in [2.24, 2.45) is 22.4 Å². The summed E-state index contributed by atoms with van der Waals surface area (Å²) >= 11 is 0. The lowest BCUT2D eigenvalue weighted by Crippen LogP contribution is -2.51. The first-order valence-electron chi connectivity index (χ1n) is 13.5. The SMILES string of the molecule is C[C@]12CC(c3ccc(/C=N\O)cc3)C3=C4CCC(=O)C=C4CCC3C1CC[C@@]2(O)C#Cc1ccccc1. The van der Waals surface area contributed by atoms with Crippen LogP contribution in [0.3, 0.4) is 0 Å². The third-order valence-corrected chi connectivity index (χ3v) is 9.62. The van der Waals surface area contributed by atoms with Crippen molar-refractivity contribution in [3.8, 4) is 11.8 Å². The molecular formula is C33H33NO3. The molecule has 4 nitrogen and oxygen atoms in total. The normalized spacial score (nSPS) is 32.8. The molecule has 6 rings (SSSR count). The summed E-state index contributed by atoms with van der Waals surface area (Å²) in [6, 6.07) is 18.2. The Morgan fingerprint density at radius 2 is 1.81 bits per heavy atom. The standard InChI is InChI=1S/C33H33NO3/c1-32-20-29(24-9-7-23(8-10-24)21-34-37)31-27-14-12-26(35)19-25(27)11-13-28(31)30(32)16-18-33(32,36)17-15-22-5-3-2-4-6-22/h2-10,19,21,28-30,36-37H,11-14,16,18,20H2,1H3/b34-21-/t28?,29?,30?,32-,33-/m0/s1. The summed E-state index contributed by atoms with van der Waals surface area (Å²) in [5, 5.41) is 24.3. The maximum Gasteiger partial charge on any atom is 0.156 e. The van der Waals surface area contributed by atoms with Crippen molar-refractivity contribution in [2.45, 2.75) is 63.4 Å². The van der Waals surface area contributed by atoms with Gasteiger partial charge in [0.25, 0.3) is 0 Å². The maximum absolute atomic E-state index is 12.3. The van der Waals surface area contributed by atoms with E-state index in [9.17, 15) is 9.90 Å². The number of fused-ring (bicyclic) bond motifs is 4. The molecule has 0 spiro atoms. The summed E-state index contributed by atoms with van der Waals surface area (Å²) in [5.74, 6) is 7.79. The Balaban J connectivity index is 1.46. The smallest absolute Gasteiger partial charge is 0.156 e. The van der Waals surface area contributed by atoms with Crippen LogP contribution in [0.25, 0.3) is 0 Å². The molecule has 0 heterocycles. The van der Waals surface area contributed by atoms with Gasteiger partial charge in [0.2, 0.25) is 0 Å². The molecule has 4 aliphatic rings. The first kappa shape index (κ1) is 23.9. The van der Waals surface area contributed by atoms with E-state index < -0.39 is 5.60 Å². The second-order valence-electron chi connectivity index (χ2n) is 11.4. The summed E-state index contributed by atoms with van der Waals surface area (Å²) in [5.41, 5.74) is 5.72. The Morgan fingerprint density at radius 1 is 1.03 bits per heavy atom. The van der Waals surface area contributed by atoms with E-state index in [1.54, 1.807) is 0 Å². The fourth-order valence-corrected chi connectivity index (χ4v) is 7.75. The molecule has 4 aliphatic carbocycles. The Labute approximate surface area is 218 Å². The van der Waals surface area contributed by atoms with E-state index in [4.69, 9.17) is 5.21 Å². The molecule has 0 bridgehead atoms. The number of allylic oxidation sites excluding steroid dienone is 4. The third-order valence-electron chi connectivity index (χ3n) is 9.62. The summed E-state index contributed by atoms with van der Waals surface area (Å²) < 4.78 is 0. The fourth-order valence-electron chi connectivity index (χ4n) is 7.75. The first-order valence-corrected chi connectivity index (χ1v) is 13.5. The summed E-state index contributed by atoms with van der Waals surface area (Å²) in [6.45, 7) is 2.27. The van der Waals surface area contributed by atoms with Crippen LogP contribution in [0, 0.1) is 29.1 Å². The van der Waals surface area contributed by atoms with Crippen LogP contribution in [-0.4, -0.2) is 27.9 Å². The summed E-state index contributed by atoms with van der Waals surface area (Å²) in [6.07, 6.45) is 9.18. The van der Waals surface area contributed by atoms with Crippen molar-refractivity contribution < 1.29 is 15.1 Å². The molecule has 37 heavy (non-hydrogen) atoms. The van der Waals surface area contributed by atoms with Crippen molar-refractivity contribution in [2.75, 3.05) is 0 Å². The Morgan fingerprint density at radius 3 is 2.57 bits per heavy atom. The van der Waals surface area contributed by atoms with Crippen LogP contribution >= 0.6 is 0 Å². The molecule has 0 radical (unpaired) electrons.